The molecule has 18 heavy (non-hydrogen) atoms. The smallest absolute Gasteiger partial charge is 0.131 e. The van der Waals surface area contributed by atoms with E-state index in [1.54, 1.807) is 0 Å². The highest BCUT2D eigenvalue weighted by Gasteiger charge is 2.18. The summed E-state index contributed by atoms with van der Waals surface area (Å²) in [5.74, 6) is 1.02. The van der Waals surface area contributed by atoms with E-state index in [-0.39, 0.29) is 18.2 Å². The minimum absolute atomic E-state index is 0.0206. The van der Waals surface area contributed by atoms with E-state index in [0.29, 0.717) is 0 Å². The van der Waals surface area contributed by atoms with Gasteiger partial charge in [0.1, 0.15) is 11.6 Å². The van der Waals surface area contributed by atoms with E-state index >= 15 is 0 Å². The van der Waals surface area contributed by atoms with Gasteiger partial charge in [-0.05, 0) is 18.6 Å². The third kappa shape index (κ3) is 3.80. The van der Waals surface area contributed by atoms with Crippen molar-refractivity contribution in [2.45, 2.75) is 31.9 Å². The molecule has 0 aromatic heterocycles. The Labute approximate surface area is 106 Å². The summed E-state index contributed by atoms with van der Waals surface area (Å²) in [6.45, 7) is 2.01. The lowest BCUT2D eigenvalue weighted by Gasteiger charge is -2.17. The number of rotatable bonds is 6. The van der Waals surface area contributed by atoms with Gasteiger partial charge in [0.2, 0.25) is 0 Å². The van der Waals surface area contributed by atoms with Crippen molar-refractivity contribution < 1.29 is 13.9 Å². The minimum Gasteiger partial charge on any atom is -0.387 e. The molecule has 0 saturated heterocycles. The lowest BCUT2D eigenvalue weighted by atomic mass is 10.1. The number of terminal acetylenes is 1. The second kappa shape index (κ2) is 7.10. The Balaban J connectivity index is 2.66. The number of benzene rings is 1. The lowest BCUT2D eigenvalue weighted by molar-refractivity contribution is 0.162. The van der Waals surface area contributed by atoms with Crippen molar-refractivity contribution in [1.82, 2.24) is 5.32 Å². The summed E-state index contributed by atoms with van der Waals surface area (Å²) in [5, 5.41) is 12.7. The number of aliphatic hydroxyl groups excluding tert-OH is 1. The minimum atomic E-state index is -1.25. The molecule has 1 aromatic rings. The summed E-state index contributed by atoms with van der Waals surface area (Å²) in [7, 11) is 0. The van der Waals surface area contributed by atoms with Crippen LogP contribution in [0.15, 0.2) is 18.2 Å². The predicted molar refractivity (Wildman–Crippen MR) is 66.8 cm³/mol. The van der Waals surface area contributed by atoms with Crippen molar-refractivity contribution >= 4 is 0 Å². The molecule has 0 aliphatic rings. The average molecular weight is 253 g/mol. The van der Waals surface area contributed by atoms with Gasteiger partial charge in [0.15, 0.2) is 0 Å². The molecule has 0 aliphatic heterocycles. The summed E-state index contributed by atoms with van der Waals surface area (Å²) >= 11 is 0. The molecule has 0 aliphatic carbocycles. The Bertz CT molecular complexity index is 408. The zero-order chi connectivity index (χ0) is 13.5. The Morgan fingerprint density at radius 2 is 2.00 bits per heavy atom. The third-order valence-corrected chi connectivity index (χ3v) is 2.67. The fourth-order valence-electron chi connectivity index (χ4n) is 1.72. The first-order valence-electron chi connectivity index (χ1n) is 5.91. The Hall–Kier alpha value is -1.44. The fraction of sp³-hybridized carbons (Fsp3) is 0.429. The summed E-state index contributed by atoms with van der Waals surface area (Å²) in [6, 6.07) is 3.30. The monoisotopic (exact) mass is 253 g/mol. The lowest BCUT2D eigenvalue weighted by Crippen LogP contribution is -2.32. The van der Waals surface area contributed by atoms with Crippen LogP contribution >= 0.6 is 0 Å². The van der Waals surface area contributed by atoms with Crippen LogP contribution in [0.2, 0.25) is 0 Å². The van der Waals surface area contributed by atoms with Crippen LogP contribution in [0.1, 0.15) is 31.4 Å². The largest absolute Gasteiger partial charge is 0.387 e. The zero-order valence-electron chi connectivity index (χ0n) is 10.3. The van der Waals surface area contributed by atoms with Gasteiger partial charge in [-0.3, -0.25) is 0 Å². The number of hydrogen-bond acceptors (Lipinski definition) is 2. The molecule has 0 radical (unpaired) electrons. The van der Waals surface area contributed by atoms with Crippen LogP contribution in [0.3, 0.4) is 0 Å². The van der Waals surface area contributed by atoms with Crippen molar-refractivity contribution in [3.8, 4) is 12.3 Å². The van der Waals surface area contributed by atoms with E-state index in [0.717, 1.165) is 25.0 Å². The topological polar surface area (TPSA) is 32.3 Å². The van der Waals surface area contributed by atoms with Crippen LogP contribution in [0.5, 0.6) is 0 Å². The predicted octanol–water partition coefficient (Wildman–Crippen LogP) is 2.39. The van der Waals surface area contributed by atoms with Crippen molar-refractivity contribution in [3.05, 3.63) is 35.4 Å². The third-order valence-electron chi connectivity index (χ3n) is 2.67. The van der Waals surface area contributed by atoms with E-state index in [2.05, 4.69) is 11.2 Å². The van der Waals surface area contributed by atoms with Gasteiger partial charge in [-0.1, -0.05) is 25.3 Å². The van der Waals surface area contributed by atoms with Crippen molar-refractivity contribution in [1.29, 1.82) is 0 Å². The van der Waals surface area contributed by atoms with Gasteiger partial charge < -0.3 is 10.4 Å². The molecule has 98 valence electrons. The first kappa shape index (κ1) is 14.6. The van der Waals surface area contributed by atoms with Crippen LogP contribution in [0, 0.1) is 24.0 Å². The first-order valence-corrected chi connectivity index (χ1v) is 5.91. The molecule has 1 aromatic carbocycles. The van der Waals surface area contributed by atoms with E-state index in [4.69, 9.17) is 6.42 Å². The molecular weight excluding hydrogens is 236 g/mol. The maximum Gasteiger partial charge on any atom is 0.131 e. The SMILES string of the molecule is C#CC(CCC)NCC(O)c1c(F)cccc1F. The van der Waals surface area contributed by atoms with Crippen molar-refractivity contribution in [2.24, 2.45) is 0 Å². The maximum atomic E-state index is 13.4. The van der Waals surface area contributed by atoms with Crippen LogP contribution in [-0.4, -0.2) is 17.7 Å². The van der Waals surface area contributed by atoms with Crippen LogP contribution in [0.25, 0.3) is 0 Å². The molecule has 0 spiro atoms. The molecule has 2 N–H and O–H groups in total. The Morgan fingerprint density at radius 1 is 1.39 bits per heavy atom. The van der Waals surface area contributed by atoms with Gasteiger partial charge in [0.05, 0.1) is 17.7 Å². The molecule has 2 nitrogen and oxygen atoms in total. The Kier molecular flexibility index (Phi) is 5.76. The highest BCUT2D eigenvalue weighted by atomic mass is 19.1. The standard InChI is InChI=1S/C14H17F2NO/c1-3-6-10(4-2)17-9-13(18)14-11(15)7-5-8-12(14)16/h2,5,7-8,10,13,17-18H,3,6,9H2,1H3. The molecule has 2 atom stereocenters. The second-order valence-electron chi connectivity index (χ2n) is 4.07. The fourth-order valence-corrected chi connectivity index (χ4v) is 1.72. The molecular formula is C14H17F2NO. The molecule has 0 bridgehead atoms. The van der Waals surface area contributed by atoms with Crippen LogP contribution in [-0.2, 0) is 0 Å². The van der Waals surface area contributed by atoms with Crippen molar-refractivity contribution in [3.63, 3.8) is 0 Å². The Morgan fingerprint density at radius 3 is 2.50 bits per heavy atom. The van der Waals surface area contributed by atoms with Gasteiger partial charge in [-0.2, -0.15) is 0 Å². The van der Waals surface area contributed by atoms with Gasteiger partial charge >= 0.3 is 0 Å². The van der Waals surface area contributed by atoms with Gasteiger partial charge in [-0.25, -0.2) is 8.78 Å². The summed E-state index contributed by atoms with van der Waals surface area (Å²) in [6.07, 6.45) is 5.70. The number of nitrogens with one attached hydrogen (secondary N) is 1. The maximum absolute atomic E-state index is 13.4. The van der Waals surface area contributed by atoms with E-state index in [1.165, 1.54) is 6.07 Å². The molecule has 0 fully saturated rings. The van der Waals surface area contributed by atoms with Crippen LogP contribution < -0.4 is 5.32 Å². The van der Waals surface area contributed by atoms with Gasteiger partial charge in [0, 0.05) is 6.54 Å². The molecule has 2 unspecified atom stereocenters. The average Bonchev–Trinajstić information content (AvgIpc) is 2.34. The summed E-state index contributed by atoms with van der Waals surface area (Å²) in [4.78, 5) is 0. The van der Waals surface area contributed by atoms with E-state index < -0.39 is 17.7 Å². The summed E-state index contributed by atoms with van der Waals surface area (Å²) in [5.41, 5.74) is -0.322. The quantitative estimate of drug-likeness (QED) is 0.763. The highest BCUT2D eigenvalue weighted by molar-refractivity contribution is 5.22. The highest BCUT2D eigenvalue weighted by Crippen LogP contribution is 2.20. The number of halogens is 2. The second-order valence-corrected chi connectivity index (χ2v) is 4.07. The van der Waals surface area contributed by atoms with Gasteiger partial charge in [-0.15, -0.1) is 6.42 Å². The summed E-state index contributed by atoms with van der Waals surface area (Å²) < 4.78 is 26.8. The molecule has 0 heterocycles. The molecule has 0 amide bonds. The zero-order valence-corrected chi connectivity index (χ0v) is 10.3. The number of aliphatic hydroxyl groups is 1. The molecule has 0 saturated carbocycles. The van der Waals surface area contributed by atoms with E-state index in [9.17, 15) is 13.9 Å². The van der Waals surface area contributed by atoms with Crippen LogP contribution in [0.4, 0.5) is 8.78 Å². The molecule has 1 rings (SSSR count). The van der Waals surface area contributed by atoms with Gasteiger partial charge in [0.25, 0.3) is 0 Å². The normalized spacial score (nSPS) is 13.9. The first-order chi connectivity index (χ1) is 8.60. The molecule has 4 heteroatoms. The number of hydrogen-bond donors (Lipinski definition) is 2. The van der Waals surface area contributed by atoms with E-state index in [1.807, 2.05) is 6.92 Å². The van der Waals surface area contributed by atoms with Crippen molar-refractivity contribution in [2.75, 3.05) is 6.54 Å².